The molecule has 4 unspecified atom stereocenters. The number of fused-ring (bicyclic) bond motifs is 5. The van der Waals surface area contributed by atoms with Gasteiger partial charge < -0.3 is 9.47 Å². The van der Waals surface area contributed by atoms with Crippen LogP contribution in [0, 0.1) is 23.7 Å². The van der Waals surface area contributed by atoms with E-state index in [1.165, 1.54) is 13.3 Å². The lowest BCUT2D eigenvalue weighted by atomic mass is 9.85. The van der Waals surface area contributed by atoms with Gasteiger partial charge in [-0.05, 0) is 66.3 Å². The molecule has 2 fully saturated rings. The average Bonchev–Trinajstić information content (AvgIpc) is 3.48. The molecule has 1 saturated heterocycles. The molecule has 2 aromatic carbocycles. The van der Waals surface area contributed by atoms with Crippen LogP contribution in [0.4, 0.5) is 0 Å². The topological polar surface area (TPSA) is 85.3 Å². The number of ether oxygens (including phenoxy) is 2. The van der Waals surface area contributed by atoms with Crippen molar-refractivity contribution < 1.29 is 23.9 Å². The molecule has 0 radical (unpaired) electrons. The van der Waals surface area contributed by atoms with Gasteiger partial charge >= 0.3 is 5.97 Å². The average molecular weight is 495 g/mol. The minimum Gasteiger partial charge on any atom is -0.493 e. The van der Waals surface area contributed by atoms with Gasteiger partial charge in [0.05, 0.1) is 30.7 Å². The standard InChI is InChI=1S/C24H19BrN2O5/c1-31-19-10-13(2-9-18(19)32-24(30)14-5-7-17(25)8-6-14)12-26-27-22(28)20-15-3-4-16(11-15)21(20)23(27)29/h2-10,12,15-16,20-21H,11H2,1H3. The summed E-state index contributed by atoms with van der Waals surface area (Å²) in [5.41, 5.74) is 1.00. The number of esters is 1. The predicted molar refractivity (Wildman–Crippen MR) is 119 cm³/mol. The lowest BCUT2D eigenvalue weighted by molar-refractivity contribution is -0.140. The summed E-state index contributed by atoms with van der Waals surface area (Å²) in [7, 11) is 1.46. The molecule has 2 amide bonds. The number of methoxy groups -OCH3 is 1. The molecule has 7 nitrogen and oxygen atoms in total. The van der Waals surface area contributed by atoms with Crippen molar-refractivity contribution in [3.8, 4) is 11.5 Å². The van der Waals surface area contributed by atoms with Crippen molar-refractivity contribution >= 4 is 39.9 Å². The Morgan fingerprint density at radius 1 is 1.03 bits per heavy atom. The van der Waals surface area contributed by atoms with E-state index in [9.17, 15) is 14.4 Å². The normalized spacial score (nSPS) is 25.6. The molecular weight excluding hydrogens is 476 g/mol. The molecule has 5 rings (SSSR count). The molecule has 1 aliphatic heterocycles. The lowest BCUT2D eigenvalue weighted by Crippen LogP contribution is -2.28. The quantitative estimate of drug-likeness (QED) is 0.207. The van der Waals surface area contributed by atoms with Gasteiger partial charge in [-0.3, -0.25) is 9.59 Å². The molecule has 1 heterocycles. The van der Waals surface area contributed by atoms with E-state index in [1.54, 1.807) is 42.5 Å². The first-order valence-corrected chi connectivity index (χ1v) is 11.0. The summed E-state index contributed by atoms with van der Waals surface area (Å²) in [6, 6.07) is 11.7. The third kappa shape index (κ3) is 3.44. The highest BCUT2D eigenvalue weighted by atomic mass is 79.9. The third-order valence-electron chi connectivity index (χ3n) is 6.24. The minimum absolute atomic E-state index is 0.140. The van der Waals surface area contributed by atoms with Crippen LogP contribution < -0.4 is 9.47 Å². The number of allylic oxidation sites excluding steroid dienone is 2. The summed E-state index contributed by atoms with van der Waals surface area (Å²) in [5.74, 6) is -0.696. The number of halogens is 1. The van der Waals surface area contributed by atoms with Gasteiger partial charge in [0.2, 0.25) is 0 Å². The molecule has 8 heteroatoms. The highest BCUT2D eigenvalue weighted by Gasteiger charge is 2.59. The van der Waals surface area contributed by atoms with Crippen molar-refractivity contribution in [2.45, 2.75) is 6.42 Å². The Bertz CT molecular complexity index is 1140. The molecule has 162 valence electrons. The van der Waals surface area contributed by atoms with Gasteiger partial charge in [0.1, 0.15) is 0 Å². The van der Waals surface area contributed by atoms with E-state index in [1.807, 2.05) is 12.2 Å². The van der Waals surface area contributed by atoms with Gasteiger partial charge in [0, 0.05) is 4.47 Å². The summed E-state index contributed by atoms with van der Waals surface area (Å²) in [6.45, 7) is 0. The molecule has 1 saturated carbocycles. The van der Waals surface area contributed by atoms with Gasteiger partial charge in [-0.1, -0.05) is 28.1 Å². The van der Waals surface area contributed by atoms with Crippen LogP contribution in [-0.4, -0.2) is 36.1 Å². The van der Waals surface area contributed by atoms with Crippen LogP contribution >= 0.6 is 15.9 Å². The SMILES string of the molecule is COc1cc(C=NN2C(=O)C3C4C=CC(C4)C3C2=O)ccc1OC(=O)c1ccc(Br)cc1. The van der Waals surface area contributed by atoms with Crippen LogP contribution in [0.5, 0.6) is 11.5 Å². The third-order valence-corrected chi connectivity index (χ3v) is 6.77. The Balaban J connectivity index is 1.31. The highest BCUT2D eigenvalue weighted by Crippen LogP contribution is 2.52. The van der Waals surface area contributed by atoms with Gasteiger partial charge in [-0.2, -0.15) is 10.1 Å². The van der Waals surface area contributed by atoms with E-state index >= 15 is 0 Å². The molecule has 32 heavy (non-hydrogen) atoms. The molecule has 0 N–H and O–H groups in total. The van der Waals surface area contributed by atoms with Crippen LogP contribution in [0.15, 0.2) is 64.2 Å². The molecule has 3 aliphatic rings. The Hall–Kier alpha value is -3.26. The molecule has 0 aromatic heterocycles. The van der Waals surface area contributed by atoms with E-state index in [2.05, 4.69) is 21.0 Å². The van der Waals surface area contributed by atoms with Crippen LogP contribution in [0.2, 0.25) is 0 Å². The Morgan fingerprint density at radius 2 is 1.69 bits per heavy atom. The fraction of sp³-hybridized carbons (Fsp3) is 0.250. The minimum atomic E-state index is -0.514. The predicted octanol–water partition coefficient (Wildman–Crippen LogP) is 3.82. The van der Waals surface area contributed by atoms with E-state index in [0.29, 0.717) is 16.9 Å². The maximum Gasteiger partial charge on any atom is 0.343 e. The van der Waals surface area contributed by atoms with Gasteiger partial charge in [0.15, 0.2) is 11.5 Å². The second kappa shape index (κ2) is 8.02. The van der Waals surface area contributed by atoms with Crippen LogP contribution in [0.1, 0.15) is 22.3 Å². The van der Waals surface area contributed by atoms with Crippen LogP contribution in [0.25, 0.3) is 0 Å². The lowest BCUT2D eigenvalue weighted by Gasteiger charge is -2.13. The van der Waals surface area contributed by atoms with E-state index in [4.69, 9.17) is 9.47 Å². The maximum atomic E-state index is 12.7. The van der Waals surface area contributed by atoms with E-state index < -0.39 is 5.97 Å². The zero-order chi connectivity index (χ0) is 22.4. The fourth-order valence-corrected chi connectivity index (χ4v) is 4.98. The second-order valence-corrected chi connectivity index (χ2v) is 8.96. The number of imide groups is 1. The summed E-state index contributed by atoms with van der Waals surface area (Å²) in [6.07, 6.45) is 6.41. The van der Waals surface area contributed by atoms with Crippen molar-refractivity contribution in [1.29, 1.82) is 0 Å². The van der Waals surface area contributed by atoms with Crippen molar-refractivity contribution in [1.82, 2.24) is 5.01 Å². The molecule has 2 aliphatic carbocycles. The summed E-state index contributed by atoms with van der Waals surface area (Å²) in [5, 5.41) is 5.17. The number of carbonyl (C=O) groups excluding carboxylic acids is 3. The van der Waals surface area contributed by atoms with Crippen molar-refractivity contribution in [2.75, 3.05) is 7.11 Å². The van der Waals surface area contributed by atoms with Gasteiger partial charge in [-0.15, -0.1) is 0 Å². The zero-order valence-electron chi connectivity index (χ0n) is 17.1. The van der Waals surface area contributed by atoms with Crippen molar-refractivity contribution in [3.05, 3.63) is 70.2 Å². The monoisotopic (exact) mass is 494 g/mol. The molecule has 0 spiro atoms. The summed E-state index contributed by atoms with van der Waals surface area (Å²) in [4.78, 5) is 37.9. The first-order chi connectivity index (χ1) is 15.5. The first-order valence-electron chi connectivity index (χ1n) is 10.2. The Morgan fingerprint density at radius 3 is 2.31 bits per heavy atom. The Kier molecular flexibility index (Phi) is 5.17. The molecule has 2 aromatic rings. The summed E-state index contributed by atoms with van der Waals surface area (Å²) < 4.78 is 11.7. The fourth-order valence-electron chi connectivity index (χ4n) is 4.72. The van der Waals surface area contributed by atoms with Crippen LogP contribution in [-0.2, 0) is 9.59 Å². The highest BCUT2D eigenvalue weighted by molar-refractivity contribution is 9.10. The summed E-state index contributed by atoms with van der Waals surface area (Å²) >= 11 is 3.33. The molecule has 2 bridgehead atoms. The van der Waals surface area contributed by atoms with Gasteiger partial charge in [-0.25, -0.2) is 4.79 Å². The van der Waals surface area contributed by atoms with Crippen molar-refractivity contribution in [2.24, 2.45) is 28.8 Å². The number of benzene rings is 2. The number of hydrazone groups is 1. The number of hydrogen-bond acceptors (Lipinski definition) is 6. The molecule has 4 atom stereocenters. The maximum absolute atomic E-state index is 12.7. The first kappa shape index (κ1) is 20.6. The number of nitrogens with zero attached hydrogens (tertiary/aromatic N) is 2. The number of carbonyl (C=O) groups is 3. The van der Waals surface area contributed by atoms with Crippen LogP contribution in [0.3, 0.4) is 0 Å². The number of amides is 2. The molecular formula is C24H19BrN2O5. The number of rotatable bonds is 5. The zero-order valence-corrected chi connectivity index (χ0v) is 18.7. The Labute approximate surface area is 192 Å². The van der Waals surface area contributed by atoms with E-state index in [-0.39, 0.29) is 41.2 Å². The van der Waals surface area contributed by atoms with Crippen molar-refractivity contribution in [3.63, 3.8) is 0 Å². The number of hydrogen-bond donors (Lipinski definition) is 0. The largest absolute Gasteiger partial charge is 0.493 e. The van der Waals surface area contributed by atoms with E-state index in [0.717, 1.165) is 15.9 Å². The second-order valence-electron chi connectivity index (χ2n) is 8.04. The van der Waals surface area contributed by atoms with Gasteiger partial charge in [0.25, 0.3) is 11.8 Å². The smallest absolute Gasteiger partial charge is 0.343 e.